The van der Waals surface area contributed by atoms with Gasteiger partial charge in [-0.05, 0) is 29.8 Å². The second kappa shape index (κ2) is 6.81. The van der Waals surface area contributed by atoms with Gasteiger partial charge in [0.25, 0.3) is 0 Å². The van der Waals surface area contributed by atoms with Crippen molar-refractivity contribution < 1.29 is 14.3 Å². The summed E-state index contributed by atoms with van der Waals surface area (Å²) in [7, 11) is 0. The first-order valence-electron chi connectivity index (χ1n) is 7.08. The number of ether oxygens (including phenoxy) is 2. The van der Waals surface area contributed by atoms with E-state index in [-0.39, 0.29) is 24.7 Å². The van der Waals surface area contributed by atoms with Crippen LogP contribution in [0.15, 0.2) is 54.6 Å². The molecule has 22 heavy (non-hydrogen) atoms. The molecule has 1 aliphatic rings. The molecule has 0 spiro atoms. The number of carbonyl (C=O) groups is 1. The molecule has 1 fully saturated rings. The van der Waals surface area contributed by atoms with Crippen LogP contribution in [0.25, 0.3) is 0 Å². The van der Waals surface area contributed by atoms with Crippen LogP contribution in [0, 0.1) is 0 Å². The van der Waals surface area contributed by atoms with Crippen LogP contribution in [-0.2, 0) is 9.53 Å². The fourth-order valence-electron chi connectivity index (χ4n) is 2.36. The second-order valence-corrected chi connectivity index (χ2v) is 5.49. The number of nitrogens with one attached hydrogen (secondary N) is 1. The Morgan fingerprint density at radius 1 is 1.14 bits per heavy atom. The SMILES string of the molecule is O=C1CO[C@@H]([C@H](Oc2ccc(Cl)cc2)c2ccccc2)CN1. The van der Waals surface area contributed by atoms with E-state index in [1.807, 2.05) is 42.5 Å². The van der Waals surface area contributed by atoms with Crippen molar-refractivity contribution in [3.63, 3.8) is 0 Å². The van der Waals surface area contributed by atoms with Crippen LogP contribution in [0.1, 0.15) is 11.7 Å². The van der Waals surface area contributed by atoms with Crippen molar-refractivity contribution in [2.24, 2.45) is 0 Å². The number of morpholine rings is 1. The lowest BCUT2D eigenvalue weighted by molar-refractivity contribution is -0.137. The summed E-state index contributed by atoms with van der Waals surface area (Å²) in [4.78, 5) is 11.3. The largest absolute Gasteiger partial charge is 0.483 e. The fraction of sp³-hybridized carbons (Fsp3) is 0.235. The number of amides is 1. The van der Waals surface area contributed by atoms with E-state index in [1.165, 1.54) is 0 Å². The maximum Gasteiger partial charge on any atom is 0.246 e. The molecule has 0 saturated carbocycles. The van der Waals surface area contributed by atoms with Crippen molar-refractivity contribution in [3.05, 3.63) is 65.2 Å². The third-order valence-electron chi connectivity index (χ3n) is 3.47. The van der Waals surface area contributed by atoms with Gasteiger partial charge in [-0.25, -0.2) is 0 Å². The third kappa shape index (κ3) is 3.59. The fourth-order valence-corrected chi connectivity index (χ4v) is 2.49. The van der Waals surface area contributed by atoms with Gasteiger partial charge < -0.3 is 14.8 Å². The minimum Gasteiger partial charge on any atom is -0.483 e. The van der Waals surface area contributed by atoms with Crippen LogP contribution in [0.2, 0.25) is 5.02 Å². The maximum atomic E-state index is 11.3. The number of benzene rings is 2. The lowest BCUT2D eigenvalue weighted by Gasteiger charge is -2.31. The lowest BCUT2D eigenvalue weighted by atomic mass is 10.0. The van der Waals surface area contributed by atoms with E-state index in [9.17, 15) is 4.79 Å². The molecule has 114 valence electrons. The molecule has 4 nitrogen and oxygen atoms in total. The van der Waals surface area contributed by atoms with Crippen molar-refractivity contribution in [2.45, 2.75) is 12.2 Å². The zero-order valence-electron chi connectivity index (χ0n) is 11.9. The first-order chi connectivity index (χ1) is 10.7. The van der Waals surface area contributed by atoms with Crippen molar-refractivity contribution in [3.8, 4) is 5.75 Å². The predicted molar refractivity (Wildman–Crippen MR) is 84.0 cm³/mol. The number of hydrogen-bond donors (Lipinski definition) is 1. The Kier molecular flexibility index (Phi) is 4.61. The normalized spacial score (nSPS) is 19.3. The van der Waals surface area contributed by atoms with Gasteiger partial charge in [-0.3, -0.25) is 4.79 Å². The topological polar surface area (TPSA) is 47.6 Å². The minimum absolute atomic E-state index is 0.0535. The van der Waals surface area contributed by atoms with E-state index in [0.29, 0.717) is 17.3 Å². The van der Waals surface area contributed by atoms with E-state index in [0.717, 1.165) is 5.56 Å². The standard InChI is InChI=1S/C17H16ClNO3/c18-13-6-8-14(9-7-13)22-17(12-4-2-1-3-5-12)15-10-19-16(20)11-21-15/h1-9,15,17H,10-11H2,(H,19,20)/t15-,17-/m1/s1. The molecule has 0 unspecified atom stereocenters. The molecule has 5 heteroatoms. The van der Waals surface area contributed by atoms with Crippen LogP contribution >= 0.6 is 11.6 Å². The van der Waals surface area contributed by atoms with Gasteiger partial charge in [0.05, 0.1) is 0 Å². The van der Waals surface area contributed by atoms with E-state index < -0.39 is 0 Å². The molecule has 1 amide bonds. The zero-order valence-corrected chi connectivity index (χ0v) is 12.6. The Balaban J connectivity index is 1.82. The number of carbonyl (C=O) groups excluding carboxylic acids is 1. The molecule has 1 aliphatic heterocycles. The van der Waals surface area contributed by atoms with Crippen molar-refractivity contribution in [1.82, 2.24) is 5.32 Å². The lowest BCUT2D eigenvalue weighted by Crippen LogP contribution is -2.46. The summed E-state index contributed by atoms with van der Waals surface area (Å²) in [5.74, 6) is 0.605. The molecule has 0 aliphatic carbocycles. The van der Waals surface area contributed by atoms with E-state index in [4.69, 9.17) is 21.1 Å². The number of rotatable bonds is 4. The third-order valence-corrected chi connectivity index (χ3v) is 3.72. The monoisotopic (exact) mass is 317 g/mol. The summed E-state index contributed by atoms with van der Waals surface area (Å²) in [5.41, 5.74) is 0.999. The molecule has 2 aromatic carbocycles. The van der Waals surface area contributed by atoms with Crippen LogP contribution in [0.4, 0.5) is 0 Å². The molecule has 2 atom stereocenters. The molecule has 0 bridgehead atoms. The van der Waals surface area contributed by atoms with Gasteiger partial charge in [-0.2, -0.15) is 0 Å². The predicted octanol–water partition coefficient (Wildman–Crippen LogP) is 2.98. The molecular formula is C17H16ClNO3. The molecule has 1 saturated heterocycles. The average Bonchev–Trinajstić information content (AvgIpc) is 2.56. The molecule has 1 N–H and O–H groups in total. The van der Waals surface area contributed by atoms with Gasteiger partial charge >= 0.3 is 0 Å². The van der Waals surface area contributed by atoms with Gasteiger partial charge in [0.15, 0.2) is 6.10 Å². The van der Waals surface area contributed by atoms with Crippen LogP contribution < -0.4 is 10.1 Å². The average molecular weight is 318 g/mol. The van der Waals surface area contributed by atoms with E-state index in [1.54, 1.807) is 12.1 Å². The van der Waals surface area contributed by atoms with Gasteiger partial charge in [-0.15, -0.1) is 0 Å². The zero-order chi connectivity index (χ0) is 15.4. The number of hydrogen-bond acceptors (Lipinski definition) is 3. The smallest absolute Gasteiger partial charge is 0.246 e. The molecule has 1 heterocycles. The molecular weight excluding hydrogens is 302 g/mol. The molecule has 3 rings (SSSR count). The highest BCUT2D eigenvalue weighted by atomic mass is 35.5. The Hall–Kier alpha value is -2.04. The summed E-state index contributed by atoms with van der Waals surface area (Å²) >= 11 is 5.90. The van der Waals surface area contributed by atoms with Gasteiger partial charge in [0, 0.05) is 11.6 Å². The summed E-state index contributed by atoms with van der Waals surface area (Å²) in [5, 5.41) is 3.47. The summed E-state index contributed by atoms with van der Waals surface area (Å²) in [6.45, 7) is 0.476. The first-order valence-corrected chi connectivity index (χ1v) is 7.45. The Morgan fingerprint density at radius 2 is 1.86 bits per heavy atom. The minimum atomic E-state index is -0.303. The quantitative estimate of drug-likeness (QED) is 0.943. The van der Waals surface area contributed by atoms with Crippen LogP contribution in [0.3, 0.4) is 0 Å². The summed E-state index contributed by atoms with van der Waals surface area (Å²) in [6.07, 6.45) is -0.543. The van der Waals surface area contributed by atoms with Gasteiger partial charge in [-0.1, -0.05) is 41.9 Å². The highest BCUT2D eigenvalue weighted by Gasteiger charge is 2.30. The van der Waals surface area contributed by atoms with E-state index >= 15 is 0 Å². The molecule has 2 aromatic rings. The van der Waals surface area contributed by atoms with Crippen molar-refractivity contribution >= 4 is 17.5 Å². The molecule has 0 aromatic heterocycles. The second-order valence-electron chi connectivity index (χ2n) is 5.06. The van der Waals surface area contributed by atoms with E-state index in [2.05, 4.69) is 5.32 Å². The van der Waals surface area contributed by atoms with Crippen LogP contribution in [0.5, 0.6) is 5.75 Å². The molecule has 0 radical (unpaired) electrons. The first kappa shape index (κ1) is 14.9. The van der Waals surface area contributed by atoms with Gasteiger partial charge in [0.2, 0.25) is 5.91 Å². The summed E-state index contributed by atoms with van der Waals surface area (Å²) < 4.78 is 11.7. The Morgan fingerprint density at radius 3 is 2.50 bits per heavy atom. The van der Waals surface area contributed by atoms with Crippen molar-refractivity contribution in [2.75, 3.05) is 13.2 Å². The van der Waals surface area contributed by atoms with Crippen LogP contribution in [-0.4, -0.2) is 25.2 Å². The summed E-state index contributed by atoms with van der Waals surface area (Å²) in [6, 6.07) is 17.0. The van der Waals surface area contributed by atoms with Gasteiger partial charge in [0.1, 0.15) is 18.5 Å². The Labute approximate surface area is 134 Å². The van der Waals surface area contributed by atoms with Crippen molar-refractivity contribution in [1.29, 1.82) is 0 Å². The maximum absolute atomic E-state index is 11.3. The Bertz CT molecular complexity index is 620. The highest BCUT2D eigenvalue weighted by molar-refractivity contribution is 6.30. The number of halogens is 1. The highest BCUT2D eigenvalue weighted by Crippen LogP contribution is 2.28.